The molecule has 2 aromatic heterocycles. The van der Waals surface area contributed by atoms with Gasteiger partial charge in [0, 0.05) is 13.2 Å². The van der Waals surface area contributed by atoms with Gasteiger partial charge in [0.25, 0.3) is 11.3 Å². The number of hydrogen-bond donors (Lipinski definition) is 2. The molecule has 0 aromatic carbocycles. The van der Waals surface area contributed by atoms with Gasteiger partial charge in [0.1, 0.15) is 6.20 Å². The summed E-state index contributed by atoms with van der Waals surface area (Å²) in [6, 6.07) is 0. The van der Waals surface area contributed by atoms with E-state index >= 15 is 0 Å². The van der Waals surface area contributed by atoms with E-state index in [1.165, 1.54) is 0 Å². The Hall–Kier alpha value is -1.40. The third kappa shape index (κ3) is 1.91. The minimum absolute atomic E-state index is 0.171. The quantitative estimate of drug-likeness (QED) is 0.615. The van der Waals surface area contributed by atoms with Crippen molar-refractivity contribution >= 4 is 17.1 Å². The Bertz CT molecular complexity index is 615. The smallest absolute Gasteiger partial charge is 0.302 e. The molecular weight excluding hydrogens is 256 g/mol. The number of aromatic nitrogens is 4. The highest BCUT2D eigenvalue weighted by Crippen LogP contribution is 2.22. The van der Waals surface area contributed by atoms with Crippen LogP contribution >= 0.6 is 11.6 Å². The lowest BCUT2D eigenvalue weighted by Gasteiger charge is -2.17. The highest BCUT2D eigenvalue weighted by atomic mass is 35.5. The van der Waals surface area contributed by atoms with Crippen molar-refractivity contribution in [2.24, 2.45) is 0 Å². The van der Waals surface area contributed by atoms with Crippen molar-refractivity contribution in [3.8, 4) is 0 Å². The highest BCUT2D eigenvalue weighted by Gasteiger charge is 2.27. The number of halogens is 1. The topological polar surface area (TPSA) is 74.9 Å². The van der Waals surface area contributed by atoms with Gasteiger partial charge >= 0.3 is 5.56 Å². The maximum Gasteiger partial charge on any atom is 0.302 e. The summed E-state index contributed by atoms with van der Waals surface area (Å²) in [6.45, 7) is 1.49. The van der Waals surface area contributed by atoms with Crippen molar-refractivity contribution in [1.29, 1.82) is 0 Å². The van der Waals surface area contributed by atoms with Crippen molar-refractivity contribution < 1.29 is 9.25 Å². The van der Waals surface area contributed by atoms with Gasteiger partial charge in [-0.05, 0) is 12.8 Å². The van der Waals surface area contributed by atoms with E-state index < -0.39 is 0 Å². The van der Waals surface area contributed by atoms with Crippen LogP contribution in [-0.2, 0) is 10.6 Å². The summed E-state index contributed by atoms with van der Waals surface area (Å²) >= 11 is 5.73. The molecule has 2 N–H and O–H groups in total. The summed E-state index contributed by atoms with van der Waals surface area (Å²) in [5.41, 5.74) is 0.348. The average Bonchev–Trinajstić information content (AvgIpc) is 2.84. The summed E-state index contributed by atoms with van der Waals surface area (Å²) in [4.78, 5) is 17.6. The fraction of sp³-hybridized carbons (Fsp3) is 0.545. The summed E-state index contributed by atoms with van der Waals surface area (Å²) in [5, 5.41) is 4.35. The molecule has 1 fully saturated rings. The Labute approximate surface area is 108 Å². The molecule has 1 saturated heterocycles. The molecule has 6 nitrogen and oxygen atoms in total. The van der Waals surface area contributed by atoms with E-state index in [1.54, 1.807) is 10.7 Å². The van der Waals surface area contributed by atoms with Crippen LogP contribution in [0.4, 0.5) is 0 Å². The first kappa shape index (κ1) is 11.7. The zero-order valence-electron chi connectivity index (χ0n) is 9.78. The lowest BCUT2D eigenvalue weighted by Crippen LogP contribution is -2.38. The first-order valence-corrected chi connectivity index (χ1v) is 6.49. The van der Waals surface area contributed by atoms with Crippen LogP contribution in [0, 0.1) is 0 Å². The van der Waals surface area contributed by atoms with Gasteiger partial charge in [0.2, 0.25) is 0 Å². The van der Waals surface area contributed by atoms with Crippen molar-refractivity contribution in [2.75, 3.05) is 13.2 Å². The molecule has 1 aliphatic rings. The number of rotatable bonds is 2. The molecule has 0 aliphatic carbocycles. The molecule has 0 bridgehead atoms. The number of imidazole rings is 1. The summed E-state index contributed by atoms with van der Waals surface area (Å²) < 4.78 is 7.02. The largest absolute Gasteiger partial charge is 0.381 e. The van der Waals surface area contributed by atoms with Gasteiger partial charge in [-0.1, -0.05) is 9.61 Å². The van der Waals surface area contributed by atoms with Crippen LogP contribution < -0.4 is 10.1 Å². The molecule has 0 unspecified atom stereocenters. The molecule has 0 amide bonds. The zero-order chi connectivity index (χ0) is 12.5. The van der Waals surface area contributed by atoms with Crippen LogP contribution in [0.5, 0.6) is 0 Å². The fourth-order valence-electron chi connectivity index (χ4n) is 2.33. The van der Waals surface area contributed by atoms with E-state index in [4.69, 9.17) is 16.3 Å². The van der Waals surface area contributed by atoms with Crippen LogP contribution in [-0.4, -0.2) is 28.3 Å². The monoisotopic (exact) mass is 269 g/mol. The molecule has 3 rings (SSSR count). The van der Waals surface area contributed by atoms with E-state index in [1.807, 2.05) is 0 Å². The number of nitrogens with one attached hydrogen (secondary N) is 2. The Kier molecular flexibility index (Phi) is 3.05. The van der Waals surface area contributed by atoms with Crippen LogP contribution in [0.15, 0.2) is 11.0 Å². The number of alkyl halides is 1. The molecule has 7 heteroatoms. The number of nitrogens with zero attached hydrogens (tertiary/aromatic N) is 2. The molecule has 1 aliphatic heterocycles. The lowest BCUT2D eigenvalue weighted by molar-refractivity contribution is -0.593. The van der Waals surface area contributed by atoms with Gasteiger partial charge in [-0.2, -0.15) is 0 Å². The first-order valence-electron chi connectivity index (χ1n) is 5.96. The van der Waals surface area contributed by atoms with E-state index in [0.717, 1.165) is 31.9 Å². The maximum atomic E-state index is 11.8. The minimum atomic E-state index is -0.171. The molecule has 3 heterocycles. The molecule has 0 spiro atoms. The van der Waals surface area contributed by atoms with Crippen LogP contribution in [0.25, 0.3) is 5.52 Å². The second-order valence-corrected chi connectivity index (χ2v) is 4.66. The SMILES string of the molecule is O=c1[nH]c(CCl)n[n+]2c(C3CCOCC3)[nH]cc12. The predicted molar refractivity (Wildman–Crippen MR) is 64.7 cm³/mol. The highest BCUT2D eigenvalue weighted by molar-refractivity contribution is 6.16. The standard InChI is InChI=1S/C11H13ClN4O2/c12-5-9-14-11(17)8-6-13-10(16(8)15-9)7-1-3-18-4-2-7/h6-7H,1-5H2,(H,14,15,17)/p+1. The van der Waals surface area contributed by atoms with Crippen molar-refractivity contribution in [1.82, 2.24) is 15.1 Å². The summed E-state index contributed by atoms with van der Waals surface area (Å²) in [5.74, 6) is 1.97. The Morgan fingerprint density at radius 1 is 1.50 bits per heavy atom. The van der Waals surface area contributed by atoms with Gasteiger partial charge in [0.05, 0.1) is 11.8 Å². The Morgan fingerprint density at radius 2 is 2.28 bits per heavy atom. The van der Waals surface area contributed by atoms with Crippen LogP contribution in [0.3, 0.4) is 0 Å². The first-order chi connectivity index (χ1) is 8.79. The summed E-state index contributed by atoms with van der Waals surface area (Å²) in [7, 11) is 0. The van der Waals surface area contributed by atoms with Gasteiger partial charge in [-0.15, -0.1) is 11.6 Å². The van der Waals surface area contributed by atoms with E-state index in [9.17, 15) is 4.79 Å². The normalized spacial score (nSPS) is 17.4. The molecule has 0 atom stereocenters. The van der Waals surface area contributed by atoms with Crippen molar-refractivity contribution in [3.05, 3.63) is 28.2 Å². The number of aromatic amines is 2. The second-order valence-electron chi connectivity index (χ2n) is 4.39. The van der Waals surface area contributed by atoms with E-state index in [-0.39, 0.29) is 11.4 Å². The van der Waals surface area contributed by atoms with Gasteiger partial charge < -0.3 is 9.72 Å². The van der Waals surface area contributed by atoms with E-state index in [2.05, 4.69) is 15.1 Å². The van der Waals surface area contributed by atoms with E-state index in [0.29, 0.717) is 17.3 Å². The second kappa shape index (κ2) is 4.70. The number of fused-ring (bicyclic) bond motifs is 1. The van der Waals surface area contributed by atoms with Gasteiger partial charge in [-0.3, -0.25) is 4.79 Å². The maximum absolute atomic E-state index is 11.8. The predicted octanol–water partition coefficient (Wildman–Crippen LogP) is 0.469. The Morgan fingerprint density at radius 3 is 3.00 bits per heavy atom. The average molecular weight is 270 g/mol. The molecule has 2 aromatic rings. The molecule has 0 saturated carbocycles. The molecular formula is C11H14ClN4O2+. The lowest BCUT2D eigenvalue weighted by atomic mass is 10.00. The zero-order valence-corrected chi connectivity index (χ0v) is 10.5. The molecule has 18 heavy (non-hydrogen) atoms. The van der Waals surface area contributed by atoms with Gasteiger partial charge in [-0.25, -0.2) is 4.98 Å². The number of hydrogen-bond acceptors (Lipinski definition) is 3. The molecule has 0 radical (unpaired) electrons. The number of ether oxygens (including phenoxy) is 1. The third-order valence-corrected chi connectivity index (χ3v) is 3.51. The van der Waals surface area contributed by atoms with Crippen molar-refractivity contribution in [2.45, 2.75) is 24.6 Å². The minimum Gasteiger partial charge on any atom is -0.381 e. The summed E-state index contributed by atoms with van der Waals surface area (Å²) in [6.07, 6.45) is 3.56. The third-order valence-electron chi connectivity index (χ3n) is 3.26. The van der Waals surface area contributed by atoms with Crippen LogP contribution in [0.1, 0.15) is 30.4 Å². The van der Waals surface area contributed by atoms with Gasteiger partial charge in [0.15, 0.2) is 5.82 Å². The van der Waals surface area contributed by atoms with Crippen LogP contribution in [0.2, 0.25) is 0 Å². The Balaban J connectivity index is 2.12. The fourth-order valence-corrected chi connectivity index (χ4v) is 2.45. The molecule has 96 valence electrons. The van der Waals surface area contributed by atoms with Crippen molar-refractivity contribution in [3.63, 3.8) is 0 Å². The number of H-pyrrole nitrogens is 2.